The van der Waals surface area contributed by atoms with E-state index >= 15 is 0 Å². The van der Waals surface area contributed by atoms with Crippen molar-refractivity contribution >= 4 is 35.8 Å². The summed E-state index contributed by atoms with van der Waals surface area (Å²) in [6, 6.07) is 2.03. The minimum absolute atomic E-state index is 0. The number of nitriles is 1. The Hall–Kier alpha value is -1.31. The van der Waals surface area contributed by atoms with E-state index in [-0.39, 0.29) is 24.8 Å². The summed E-state index contributed by atoms with van der Waals surface area (Å²) in [5.74, 6) is 0. The Labute approximate surface area is 86.8 Å². The van der Waals surface area contributed by atoms with Gasteiger partial charge in [0.25, 0.3) is 0 Å². The highest BCUT2D eigenvalue weighted by atomic mass is 35.5. The molecule has 2 rings (SSSR count). The molecule has 0 bridgehead atoms. The summed E-state index contributed by atoms with van der Waals surface area (Å²) in [5, 5.41) is 8.59. The van der Waals surface area contributed by atoms with Crippen molar-refractivity contribution in [3.63, 3.8) is 0 Å². The summed E-state index contributed by atoms with van der Waals surface area (Å²) in [6.45, 7) is 0. The molecule has 0 atom stereocenters. The van der Waals surface area contributed by atoms with Gasteiger partial charge in [-0.3, -0.25) is 0 Å². The van der Waals surface area contributed by atoms with Gasteiger partial charge < -0.3 is 4.98 Å². The van der Waals surface area contributed by atoms with Crippen LogP contribution in [0.15, 0.2) is 18.7 Å². The van der Waals surface area contributed by atoms with Gasteiger partial charge in [-0.15, -0.1) is 24.8 Å². The molecule has 13 heavy (non-hydrogen) atoms. The summed E-state index contributed by atoms with van der Waals surface area (Å²) in [4.78, 5) is 10.6. The van der Waals surface area contributed by atoms with E-state index in [1.165, 1.54) is 6.33 Å². The molecule has 4 nitrogen and oxygen atoms in total. The molecule has 6 heteroatoms. The predicted molar refractivity (Wildman–Crippen MR) is 53.1 cm³/mol. The molecule has 0 aliphatic heterocycles. The van der Waals surface area contributed by atoms with Crippen molar-refractivity contribution in [2.45, 2.75) is 0 Å². The van der Waals surface area contributed by atoms with Crippen LogP contribution in [0, 0.1) is 11.3 Å². The third kappa shape index (κ3) is 1.89. The van der Waals surface area contributed by atoms with Gasteiger partial charge in [0.15, 0.2) is 0 Å². The lowest BCUT2D eigenvalue weighted by atomic mass is 10.3. The van der Waals surface area contributed by atoms with Crippen LogP contribution in [-0.4, -0.2) is 15.0 Å². The number of H-pyrrole nitrogens is 1. The maximum absolute atomic E-state index is 8.59. The van der Waals surface area contributed by atoms with Gasteiger partial charge in [-0.25, -0.2) is 9.97 Å². The Morgan fingerprint density at radius 3 is 2.85 bits per heavy atom. The van der Waals surface area contributed by atoms with Crippen LogP contribution in [0.2, 0.25) is 0 Å². The second-order valence-electron chi connectivity index (χ2n) is 2.10. The Morgan fingerprint density at radius 1 is 1.38 bits per heavy atom. The molecule has 1 N–H and O–H groups in total. The van der Waals surface area contributed by atoms with Gasteiger partial charge in [-0.2, -0.15) is 5.26 Å². The van der Waals surface area contributed by atoms with Crippen molar-refractivity contribution in [1.29, 1.82) is 5.26 Å². The molecule has 0 aliphatic carbocycles. The maximum atomic E-state index is 8.59. The molecule has 2 aromatic heterocycles. The standard InChI is InChI=1S/C7H4N4.2ClH/c8-1-5-2-10-6-3-9-4-11-7(5)6;;/h2-4,10H;2*1H. The first kappa shape index (κ1) is 11.7. The monoisotopic (exact) mass is 216 g/mol. The molecule has 0 aromatic carbocycles. The van der Waals surface area contributed by atoms with E-state index in [0.29, 0.717) is 11.1 Å². The summed E-state index contributed by atoms with van der Waals surface area (Å²) in [5.41, 5.74) is 2.04. The number of nitrogens with zero attached hydrogens (tertiary/aromatic N) is 3. The molecule has 2 aromatic rings. The average molecular weight is 217 g/mol. The number of aromatic amines is 1. The van der Waals surface area contributed by atoms with E-state index in [2.05, 4.69) is 15.0 Å². The van der Waals surface area contributed by atoms with Crippen LogP contribution in [0.25, 0.3) is 11.0 Å². The van der Waals surface area contributed by atoms with Crippen LogP contribution < -0.4 is 0 Å². The highest BCUT2D eigenvalue weighted by molar-refractivity contribution is 5.85. The van der Waals surface area contributed by atoms with E-state index in [4.69, 9.17) is 5.26 Å². The SMILES string of the molecule is Cl.Cl.N#Cc1c[nH]c2cncnc12. The molecule has 0 radical (unpaired) electrons. The maximum Gasteiger partial charge on any atom is 0.116 e. The quantitative estimate of drug-likeness (QED) is 0.729. The third-order valence-electron chi connectivity index (χ3n) is 1.46. The van der Waals surface area contributed by atoms with Crippen molar-refractivity contribution in [3.8, 4) is 6.07 Å². The van der Waals surface area contributed by atoms with Crippen molar-refractivity contribution in [2.24, 2.45) is 0 Å². The van der Waals surface area contributed by atoms with Crippen LogP contribution in [0.4, 0.5) is 0 Å². The van der Waals surface area contributed by atoms with Gasteiger partial charge in [0.2, 0.25) is 0 Å². The van der Waals surface area contributed by atoms with Crippen LogP contribution in [0.3, 0.4) is 0 Å². The number of hydrogen-bond acceptors (Lipinski definition) is 3. The van der Waals surface area contributed by atoms with E-state index in [1.54, 1.807) is 12.4 Å². The number of aromatic nitrogens is 3. The van der Waals surface area contributed by atoms with Gasteiger partial charge in [-0.05, 0) is 0 Å². The number of rotatable bonds is 0. The fourth-order valence-electron chi connectivity index (χ4n) is 0.953. The van der Waals surface area contributed by atoms with Gasteiger partial charge in [0.1, 0.15) is 17.9 Å². The molecule has 0 saturated carbocycles. The first-order valence-electron chi connectivity index (χ1n) is 3.09. The van der Waals surface area contributed by atoms with Gasteiger partial charge in [0.05, 0.1) is 17.3 Å². The molecule has 0 fully saturated rings. The molecule has 68 valence electrons. The average Bonchev–Trinajstić information content (AvgIpc) is 2.47. The summed E-state index contributed by atoms with van der Waals surface area (Å²) in [7, 11) is 0. The lowest BCUT2D eigenvalue weighted by Gasteiger charge is -1.84. The number of hydrogen-bond donors (Lipinski definition) is 1. The van der Waals surface area contributed by atoms with Crippen molar-refractivity contribution in [1.82, 2.24) is 15.0 Å². The molecule has 0 spiro atoms. The van der Waals surface area contributed by atoms with Gasteiger partial charge in [0, 0.05) is 6.20 Å². The van der Waals surface area contributed by atoms with Crippen LogP contribution in [0.1, 0.15) is 5.56 Å². The zero-order valence-corrected chi connectivity index (χ0v) is 8.02. The lowest BCUT2D eigenvalue weighted by Crippen LogP contribution is -1.77. The fourth-order valence-corrected chi connectivity index (χ4v) is 0.953. The molecular formula is C7H6Cl2N4. The predicted octanol–water partition coefficient (Wildman–Crippen LogP) is 1.67. The van der Waals surface area contributed by atoms with E-state index in [0.717, 1.165) is 5.52 Å². The largest absolute Gasteiger partial charge is 0.357 e. The second-order valence-corrected chi connectivity index (χ2v) is 2.10. The van der Waals surface area contributed by atoms with E-state index in [1.807, 2.05) is 6.07 Å². The lowest BCUT2D eigenvalue weighted by molar-refractivity contribution is 1.22. The van der Waals surface area contributed by atoms with Crippen molar-refractivity contribution < 1.29 is 0 Å². The first-order chi connectivity index (χ1) is 5.42. The molecule has 0 unspecified atom stereocenters. The summed E-state index contributed by atoms with van der Waals surface area (Å²) in [6.07, 6.45) is 4.69. The minimum atomic E-state index is 0. The van der Waals surface area contributed by atoms with Crippen LogP contribution in [-0.2, 0) is 0 Å². The number of halogens is 2. The summed E-state index contributed by atoms with van der Waals surface area (Å²) >= 11 is 0. The zero-order chi connectivity index (χ0) is 7.68. The Morgan fingerprint density at radius 2 is 2.15 bits per heavy atom. The van der Waals surface area contributed by atoms with E-state index in [9.17, 15) is 0 Å². The smallest absolute Gasteiger partial charge is 0.116 e. The van der Waals surface area contributed by atoms with Crippen molar-refractivity contribution in [2.75, 3.05) is 0 Å². The molecular weight excluding hydrogens is 211 g/mol. The Balaban J connectivity index is 0.000000720. The molecule has 0 aliphatic rings. The topological polar surface area (TPSA) is 65.4 Å². The molecule has 2 heterocycles. The van der Waals surface area contributed by atoms with Gasteiger partial charge >= 0.3 is 0 Å². The van der Waals surface area contributed by atoms with Crippen molar-refractivity contribution in [3.05, 3.63) is 24.3 Å². The molecule has 0 amide bonds. The third-order valence-corrected chi connectivity index (χ3v) is 1.46. The Bertz CT molecular complexity index is 431. The van der Waals surface area contributed by atoms with Crippen LogP contribution >= 0.6 is 24.8 Å². The minimum Gasteiger partial charge on any atom is -0.357 e. The molecule has 0 saturated heterocycles. The Kier molecular flexibility index (Phi) is 4.18. The highest BCUT2D eigenvalue weighted by Crippen LogP contribution is 2.11. The van der Waals surface area contributed by atoms with E-state index < -0.39 is 0 Å². The first-order valence-corrected chi connectivity index (χ1v) is 3.09. The summed E-state index contributed by atoms with van der Waals surface area (Å²) < 4.78 is 0. The number of fused-ring (bicyclic) bond motifs is 1. The van der Waals surface area contributed by atoms with Crippen LogP contribution in [0.5, 0.6) is 0 Å². The zero-order valence-electron chi connectivity index (χ0n) is 6.39. The van der Waals surface area contributed by atoms with Gasteiger partial charge in [-0.1, -0.05) is 0 Å². The fraction of sp³-hybridized carbons (Fsp3) is 0. The highest BCUT2D eigenvalue weighted by Gasteiger charge is 2.01. The second kappa shape index (κ2) is 4.65. The number of nitrogens with one attached hydrogen (secondary N) is 1. The normalized spacial score (nSPS) is 8.23.